The minimum atomic E-state index is -4.41. The molecule has 1 saturated heterocycles. The molecule has 1 aromatic carbocycles. The zero-order valence-corrected chi connectivity index (χ0v) is 10.6. The second-order valence-electron chi connectivity index (χ2n) is 5.03. The van der Waals surface area contributed by atoms with E-state index in [2.05, 4.69) is 10.3 Å². The molecule has 3 rings (SSSR count). The summed E-state index contributed by atoms with van der Waals surface area (Å²) in [5.41, 5.74) is -0.332. The molecule has 0 spiro atoms. The van der Waals surface area contributed by atoms with Crippen LogP contribution in [0.25, 0.3) is 11.0 Å². The lowest BCUT2D eigenvalue weighted by atomic mass is 10.1. The molecule has 4 nitrogen and oxygen atoms in total. The molecule has 1 atom stereocenters. The topological polar surface area (TPSA) is 49.8 Å². The van der Waals surface area contributed by atoms with Crippen molar-refractivity contribution < 1.29 is 13.2 Å². The van der Waals surface area contributed by atoms with E-state index >= 15 is 0 Å². The van der Waals surface area contributed by atoms with Crippen LogP contribution in [0.4, 0.5) is 13.2 Å². The summed E-state index contributed by atoms with van der Waals surface area (Å²) in [6, 6.07) is 3.24. The number of hydrogen-bond acceptors (Lipinski definition) is 2. The first kappa shape index (κ1) is 13.2. The first-order valence-electron chi connectivity index (χ1n) is 6.49. The Morgan fingerprint density at radius 1 is 1.30 bits per heavy atom. The van der Waals surface area contributed by atoms with Crippen LogP contribution >= 0.6 is 0 Å². The van der Waals surface area contributed by atoms with Crippen molar-refractivity contribution in [2.75, 3.05) is 13.1 Å². The highest BCUT2D eigenvalue weighted by atomic mass is 19.4. The average Bonchev–Trinajstić information content (AvgIpc) is 2.73. The minimum absolute atomic E-state index is 0.103. The molecule has 2 heterocycles. The van der Waals surface area contributed by atoms with E-state index in [-0.39, 0.29) is 11.7 Å². The second kappa shape index (κ2) is 4.66. The number of rotatable bonds is 1. The van der Waals surface area contributed by atoms with Crippen molar-refractivity contribution in [1.82, 2.24) is 14.9 Å². The largest absolute Gasteiger partial charge is 0.416 e. The van der Waals surface area contributed by atoms with E-state index in [1.807, 2.05) is 0 Å². The number of imidazole rings is 1. The molecule has 108 valence electrons. The molecular weight excluding hydrogens is 271 g/mol. The number of piperidine rings is 1. The Labute approximate surface area is 112 Å². The molecule has 7 heteroatoms. The lowest BCUT2D eigenvalue weighted by molar-refractivity contribution is -0.137. The van der Waals surface area contributed by atoms with E-state index in [1.165, 1.54) is 10.6 Å². The van der Waals surface area contributed by atoms with Gasteiger partial charge in [0.1, 0.15) is 0 Å². The van der Waals surface area contributed by atoms with Crippen molar-refractivity contribution in [3.05, 3.63) is 34.2 Å². The molecule has 0 saturated carbocycles. The smallest absolute Gasteiger partial charge is 0.315 e. The normalized spacial score (nSPS) is 20.4. The van der Waals surface area contributed by atoms with Gasteiger partial charge in [0.25, 0.3) is 0 Å². The van der Waals surface area contributed by atoms with Gasteiger partial charge in [-0.1, -0.05) is 0 Å². The SMILES string of the molecule is O=c1[nH]c2ccc(C(F)(F)F)cc2n1C1CCCNC1. The Hall–Kier alpha value is -1.76. The lowest BCUT2D eigenvalue weighted by Crippen LogP contribution is -2.35. The molecule has 20 heavy (non-hydrogen) atoms. The first-order chi connectivity index (χ1) is 9.47. The van der Waals surface area contributed by atoms with Gasteiger partial charge in [-0.15, -0.1) is 0 Å². The van der Waals surface area contributed by atoms with Crippen molar-refractivity contribution in [3.8, 4) is 0 Å². The van der Waals surface area contributed by atoms with Crippen molar-refractivity contribution in [2.24, 2.45) is 0 Å². The van der Waals surface area contributed by atoms with Gasteiger partial charge in [-0.05, 0) is 37.6 Å². The number of H-pyrrole nitrogens is 1. The molecule has 1 aliphatic heterocycles. The molecule has 1 aliphatic rings. The summed E-state index contributed by atoms with van der Waals surface area (Å²) in [6.45, 7) is 1.48. The van der Waals surface area contributed by atoms with E-state index in [1.54, 1.807) is 0 Å². The predicted molar refractivity (Wildman–Crippen MR) is 68.7 cm³/mol. The third-order valence-electron chi connectivity index (χ3n) is 3.68. The van der Waals surface area contributed by atoms with Gasteiger partial charge in [-0.2, -0.15) is 13.2 Å². The number of hydrogen-bond donors (Lipinski definition) is 2. The average molecular weight is 285 g/mol. The molecule has 1 unspecified atom stereocenters. The van der Waals surface area contributed by atoms with Crippen molar-refractivity contribution >= 4 is 11.0 Å². The summed E-state index contributed by atoms with van der Waals surface area (Å²) >= 11 is 0. The van der Waals surface area contributed by atoms with E-state index in [0.717, 1.165) is 31.5 Å². The fraction of sp³-hybridized carbons (Fsp3) is 0.462. The molecule has 0 amide bonds. The third kappa shape index (κ3) is 2.22. The number of benzene rings is 1. The summed E-state index contributed by atoms with van der Waals surface area (Å²) in [7, 11) is 0. The molecule has 0 radical (unpaired) electrons. The highest BCUT2D eigenvalue weighted by molar-refractivity contribution is 5.76. The molecular formula is C13H14F3N3O. The maximum Gasteiger partial charge on any atom is 0.416 e. The van der Waals surface area contributed by atoms with E-state index in [0.29, 0.717) is 17.6 Å². The summed E-state index contributed by atoms with van der Waals surface area (Å²) < 4.78 is 39.8. The number of fused-ring (bicyclic) bond motifs is 1. The van der Waals surface area contributed by atoms with Crippen LogP contribution in [0, 0.1) is 0 Å². The highest BCUT2D eigenvalue weighted by Crippen LogP contribution is 2.31. The van der Waals surface area contributed by atoms with Gasteiger partial charge in [0, 0.05) is 6.54 Å². The summed E-state index contributed by atoms with van der Waals surface area (Å²) in [5, 5.41) is 3.16. The fourth-order valence-electron chi connectivity index (χ4n) is 2.71. The van der Waals surface area contributed by atoms with E-state index in [9.17, 15) is 18.0 Å². The van der Waals surface area contributed by atoms with Crippen LogP contribution in [0.3, 0.4) is 0 Å². The Kier molecular flexibility index (Phi) is 3.08. The van der Waals surface area contributed by atoms with Gasteiger partial charge < -0.3 is 10.3 Å². The van der Waals surface area contributed by atoms with Crippen LogP contribution in [0.1, 0.15) is 24.4 Å². The number of aromatic amines is 1. The van der Waals surface area contributed by atoms with E-state index < -0.39 is 11.7 Å². The Bertz CT molecular complexity index is 680. The molecule has 0 aliphatic carbocycles. The monoisotopic (exact) mass is 285 g/mol. The van der Waals surface area contributed by atoms with Gasteiger partial charge in [0.2, 0.25) is 0 Å². The maximum absolute atomic E-state index is 12.8. The molecule has 2 aromatic rings. The Balaban J connectivity index is 2.15. The molecule has 2 N–H and O–H groups in total. The van der Waals surface area contributed by atoms with Crippen molar-refractivity contribution in [3.63, 3.8) is 0 Å². The van der Waals surface area contributed by atoms with Crippen molar-refractivity contribution in [1.29, 1.82) is 0 Å². The van der Waals surface area contributed by atoms with Gasteiger partial charge in [0.15, 0.2) is 0 Å². The summed E-state index contributed by atoms with van der Waals surface area (Å²) in [6.07, 6.45) is -2.71. The minimum Gasteiger partial charge on any atom is -0.315 e. The molecule has 0 bridgehead atoms. The number of alkyl halides is 3. The zero-order valence-electron chi connectivity index (χ0n) is 10.6. The fourth-order valence-corrected chi connectivity index (χ4v) is 2.71. The summed E-state index contributed by atoms with van der Waals surface area (Å²) in [4.78, 5) is 14.6. The highest BCUT2D eigenvalue weighted by Gasteiger charge is 2.31. The first-order valence-corrected chi connectivity index (χ1v) is 6.49. The van der Waals surface area contributed by atoms with Crippen LogP contribution in [-0.4, -0.2) is 22.6 Å². The zero-order chi connectivity index (χ0) is 14.3. The van der Waals surface area contributed by atoms with Crippen LogP contribution in [0.5, 0.6) is 0 Å². The Morgan fingerprint density at radius 2 is 2.10 bits per heavy atom. The van der Waals surface area contributed by atoms with Gasteiger partial charge in [-0.25, -0.2) is 4.79 Å². The number of aromatic nitrogens is 2. The number of halogens is 3. The predicted octanol–water partition coefficient (Wildman–Crippen LogP) is 2.27. The molecule has 1 aromatic heterocycles. The van der Waals surface area contributed by atoms with Gasteiger partial charge in [0.05, 0.1) is 22.6 Å². The van der Waals surface area contributed by atoms with Gasteiger partial charge in [-0.3, -0.25) is 4.57 Å². The summed E-state index contributed by atoms with van der Waals surface area (Å²) in [5.74, 6) is 0. The molecule has 1 fully saturated rings. The van der Waals surface area contributed by atoms with E-state index in [4.69, 9.17) is 0 Å². The van der Waals surface area contributed by atoms with Crippen LogP contribution in [0.2, 0.25) is 0 Å². The van der Waals surface area contributed by atoms with Crippen molar-refractivity contribution in [2.45, 2.75) is 25.1 Å². The third-order valence-corrected chi connectivity index (χ3v) is 3.68. The van der Waals surface area contributed by atoms with Crippen LogP contribution in [-0.2, 0) is 6.18 Å². The second-order valence-corrected chi connectivity index (χ2v) is 5.03. The maximum atomic E-state index is 12.8. The van der Waals surface area contributed by atoms with Gasteiger partial charge >= 0.3 is 11.9 Å². The van der Waals surface area contributed by atoms with Crippen LogP contribution in [0.15, 0.2) is 23.0 Å². The quantitative estimate of drug-likeness (QED) is 0.844. The Morgan fingerprint density at radius 3 is 2.75 bits per heavy atom. The lowest BCUT2D eigenvalue weighted by Gasteiger charge is -2.24. The van der Waals surface area contributed by atoms with Crippen LogP contribution < -0.4 is 11.0 Å². The number of nitrogens with one attached hydrogen (secondary N) is 2. The number of nitrogens with zero attached hydrogens (tertiary/aromatic N) is 1. The standard InChI is InChI=1S/C13H14F3N3O/c14-13(15,16)8-3-4-10-11(6-8)19(12(20)18-10)9-2-1-5-17-7-9/h3-4,6,9,17H,1-2,5,7H2,(H,18,20).